The number of ether oxygens (including phenoxy) is 2. The first-order chi connectivity index (χ1) is 17.4. The van der Waals surface area contributed by atoms with E-state index >= 15 is 0 Å². The fraction of sp³-hybridized carbons (Fsp3) is 0.259. The molecule has 0 bridgehead atoms. The summed E-state index contributed by atoms with van der Waals surface area (Å²) in [7, 11) is 0. The lowest BCUT2D eigenvalue weighted by molar-refractivity contribution is 0.0954. The molecule has 0 saturated heterocycles. The van der Waals surface area contributed by atoms with Crippen molar-refractivity contribution in [1.29, 1.82) is 0 Å². The van der Waals surface area contributed by atoms with Gasteiger partial charge in [-0.2, -0.15) is 5.10 Å². The minimum absolute atomic E-state index is 0.0511. The molecule has 2 amide bonds. The van der Waals surface area contributed by atoms with Crippen molar-refractivity contribution in [3.05, 3.63) is 65.9 Å². The molecule has 0 radical (unpaired) electrons. The maximum absolute atomic E-state index is 13.5. The zero-order chi connectivity index (χ0) is 25.2. The van der Waals surface area contributed by atoms with Crippen LogP contribution in [0.2, 0.25) is 0 Å². The summed E-state index contributed by atoms with van der Waals surface area (Å²) < 4.78 is 13.2. The lowest BCUT2D eigenvalue weighted by atomic mass is 10.1. The van der Waals surface area contributed by atoms with Crippen molar-refractivity contribution in [3.63, 3.8) is 0 Å². The Hall–Kier alpha value is -4.40. The number of carbonyl (C=O) groups is 2. The first-order valence-corrected chi connectivity index (χ1v) is 11.9. The number of nitrogens with zero attached hydrogens (tertiary/aromatic N) is 3. The first kappa shape index (κ1) is 23.3. The molecule has 9 nitrogen and oxygen atoms in total. The molecule has 2 N–H and O–H groups in total. The number of hydrogen-bond acceptors (Lipinski definition) is 6. The summed E-state index contributed by atoms with van der Waals surface area (Å²) in [4.78, 5) is 30.6. The fourth-order valence-corrected chi connectivity index (χ4v) is 4.13. The van der Waals surface area contributed by atoms with Crippen LogP contribution >= 0.6 is 0 Å². The predicted octanol–water partition coefficient (Wildman–Crippen LogP) is 4.45. The second-order valence-corrected chi connectivity index (χ2v) is 8.73. The number of hydrogen-bond donors (Lipinski definition) is 2. The molecule has 2 aromatic heterocycles. The largest absolute Gasteiger partial charge is 0.486 e. The standard InChI is InChI=1S/C27H27N5O4/c1-4-28-26(33)18-6-5-7-19(12-18)30-27(34)20-14-22(31-25-21(20)15-29-32(25)16(2)3)17-8-9-23-24(13-17)36-11-10-35-23/h5-9,12-16H,4,10-11H2,1-3H3,(H,28,33)(H,30,34). The molecule has 0 fully saturated rings. The van der Waals surface area contributed by atoms with E-state index in [-0.39, 0.29) is 17.9 Å². The lowest BCUT2D eigenvalue weighted by Gasteiger charge is -2.19. The highest BCUT2D eigenvalue weighted by Crippen LogP contribution is 2.35. The highest BCUT2D eigenvalue weighted by molar-refractivity contribution is 6.13. The third kappa shape index (κ3) is 4.47. The van der Waals surface area contributed by atoms with E-state index in [0.29, 0.717) is 64.8 Å². The Morgan fingerprint density at radius 1 is 1.03 bits per heavy atom. The summed E-state index contributed by atoms with van der Waals surface area (Å²) in [6.07, 6.45) is 1.66. The van der Waals surface area contributed by atoms with Crippen LogP contribution in [0.3, 0.4) is 0 Å². The van der Waals surface area contributed by atoms with Crippen LogP contribution in [0.5, 0.6) is 11.5 Å². The third-order valence-corrected chi connectivity index (χ3v) is 5.86. The molecule has 0 spiro atoms. The van der Waals surface area contributed by atoms with E-state index in [1.54, 1.807) is 41.2 Å². The quantitative estimate of drug-likeness (QED) is 0.418. The van der Waals surface area contributed by atoms with Gasteiger partial charge in [0.15, 0.2) is 17.1 Å². The van der Waals surface area contributed by atoms with Gasteiger partial charge in [0, 0.05) is 29.4 Å². The monoisotopic (exact) mass is 485 g/mol. The molecule has 0 unspecified atom stereocenters. The Balaban J connectivity index is 1.56. The maximum atomic E-state index is 13.5. The van der Waals surface area contributed by atoms with E-state index in [9.17, 15) is 9.59 Å². The molecular formula is C27H27N5O4. The fourth-order valence-electron chi connectivity index (χ4n) is 4.13. The Labute approximate surface area is 208 Å². The van der Waals surface area contributed by atoms with E-state index in [0.717, 1.165) is 5.56 Å². The van der Waals surface area contributed by atoms with Gasteiger partial charge in [0.25, 0.3) is 11.8 Å². The van der Waals surface area contributed by atoms with Crippen LogP contribution in [0, 0.1) is 0 Å². The second kappa shape index (κ2) is 9.69. The van der Waals surface area contributed by atoms with Gasteiger partial charge in [-0.05, 0) is 63.2 Å². The van der Waals surface area contributed by atoms with E-state index < -0.39 is 0 Å². The topological polar surface area (TPSA) is 107 Å². The van der Waals surface area contributed by atoms with Gasteiger partial charge in [0.1, 0.15) is 13.2 Å². The minimum atomic E-state index is -0.322. The van der Waals surface area contributed by atoms with Gasteiger partial charge >= 0.3 is 0 Å². The molecule has 36 heavy (non-hydrogen) atoms. The average Bonchev–Trinajstić information content (AvgIpc) is 3.32. The smallest absolute Gasteiger partial charge is 0.256 e. The van der Waals surface area contributed by atoms with Gasteiger partial charge in [-0.15, -0.1) is 0 Å². The van der Waals surface area contributed by atoms with Crippen molar-refractivity contribution in [2.75, 3.05) is 25.1 Å². The molecule has 1 aliphatic rings. The number of anilines is 1. The van der Waals surface area contributed by atoms with Gasteiger partial charge in [-0.25, -0.2) is 9.67 Å². The number of benzene rings is 2. The van der Waals surface area contributed by atoms with Crippen molar-refractivity contribution in [2.45, 2.75) is 26.8 Å². The predicted molar refractivity (Wildman–Crippen MR) is 137 cm³/mol. The Morgan fingerprint density at radius 2 is 1.83 bits per heavy atom. The zero-order valence-corrected chi connectivity index (χ0v) is 20.4. The second-order valence-electron chi connectivity index (χ2n) is 8.73. The number of pyridine rings is 1. The van der Waals surface area contributed by atoms with Gasteiger partial charge in [-0.1, -0.05) is 6.07 Å². The number of fused-ring (bicyclic) bond motifs is 2. The van der Waals surface area contributed by atoms with E-state index in [1.165, 1.54) is 0 Å². The summed E-state index contributed by atoms with van der Waals surface area (Å²) in [6, 6.07) is 14.3. The Kier molecular flexibility index (Phi) is 6.28. The first-order valence-electron chi connectivity index (χ1n) is 11.9. The molecule has 0 saturated carbocycles. The van der Waals surface area contributed by atoms with Crippen LogP contribution in [0.4, 0.5) is 5.69 Å². The molecule has 5 rings (SSSR count). The minimum Gasteiger partial charge on any atom is -0.486 e. The average molecular weight is 486 g/mol. The Morgan fingerprint density at radius 3 is 2.61 bits per heavy atom. The molecule has 0 aliphatic carbocycles. The maximum Gasteiger partial charge on any atom is 0.256 e. The van der Waals surface area contributed by atoms with Gasteiger partial charge in [-0.3, -0.25) is 9.59 Å². The van der Waals surface area contributed by atoms with E-state index in [1.807, 2.05) is 39.0 Å². The number of aromatic nitrogens is 3. The van der Waals surface area contributed by atoms with Crippen LogP contribution in [-0.2, 0) is 0 Å². The van der Waals surface area contributed by atoms with E-state index in [2.05, 4.69) is 15.7 Å². The van der Waals surface area contributed by atoms with Crippen LogP contribution in [-0.4, -0.2) is 46.3 Å². The molecule has 2 aromatic carbocycles. The molecule has 0 atom stereocenters. The number of rotatable bonds is 6. The molecule has 184 valence electrons. The van der Waals surface area contributed by atoms with E-state index in [4.69, 9.17) is 14.5 Å². The summed E-state index contributed by atoms with van der Waals surface area (Å²) in [5.41, 5.74) is 3.44. The highest BCUT2D eigenvalue weighted by atomic mass is 16.6. The summed E-state index contributed by atoms with van der Waals surface area (Å²) in [5.74, 6) is 0.811. The number of amides is 2. The zero-order valence-electron chi connectivity index (χ0n) is 20.4. The summed E-state index contributed by atoms with van der Waals surface area (Å²) in [5, 5.41) is 10.8. The number of nitrogens with one attached hydrogen (secondary N) is 2. The van der Waals surface area contributed by atoms with Gasteiger partial charge in [0.05, 0.1) is 22.8 Å². The van der Waals surface area contributed by atoms with Crippen molar-refractivity contribution >= 4 is 28.5 Å². The van der Waals surface area contributed by atoms with Crippen molar-refractivity contribution in [3.8, 4) is 22.8 Å². The highest BCUT2D eigenvalue weighted by Gasteiger charge is 2.20. The summed E-state index contributed by atoms with van der Waals surface area (Å²) in [6.45, 7) is 7.39. The summed E-state index contributed by atoms with van der Waals surface area (Å²) >= 11 is 0. The van der Waals surface area contributed by atoms with Crippen LogP contribution < -0.4 is 20.1 Å². The SMILES string of the molecule is CCNC(=O)c1cccc(NC(=O)c2cc(-c3ccc4c(c3)OCCO4)nc3c2cnn3C(C)C)c1. The molecule has 4 aromatic rings. The Bertz CT molecular complexity index is 1460. The van der Waals surface area contributed by atoms with Crippen LogP contribution in [0.25, 0.3) is 22.3 Å². The molecule has 9 heteroatoms. The van der Waals surface area contributed by atoms with Crippen molar-refractivity contribution in [2.24, 2.45) is 0 Å². The lowest BCUT2D eigenvalue weighted by Crippen LogP contribution is -2.22. The molecular weight excluding hydrogens is 458 g/mol. The van der Waals surface area contributed by atoms with Crippen LogP contribution in [0.1, 0.15) is 47.5 Å². The molecule has 1 aliphatic heterocycles. The van der Waals surface area contributed by atoms with Crippen molar-refractivity contribution in [1.82, 2.24) is 20.1 Å². The van der Waals surface area contributed by atoms with Crippen molar-refractivity contribution < 1.29 is 19.1 Å². The third-order valence-electron chi connectivity index (χ3n) is 5.86. The molecule has 3 heterocycles. The van der Waals surface area contributed by atoms with Gasteiger partial charge in [0.2, 0.25) is 0 Å². The normalized spacial score (nSPS) is 12.6. The van der Waals surface area contributed by atoms with Gasteiger partial charge < -0.3 is 20.1 Å². The van der Waals surface area contributed by atoms with Crippen LogP contribution in [0.15, 0.2) is 54.7 Å². The number of carbonyl (C=O) groups excluding carboxylic acids is 2.